The van der Waals surface area contributed by atoms with Crippen LogP contribution >= 0.6 is 15.9 Å². The minimum Gasteiger partial charge on any atom is -0.375 e. The Morgan fingerprint density at radius 1 is 1.00 bits per heavy atom. The average Bonchev–Trinajstić information content (AvgIpc) is 2.90. The van der Waals surface area contributed by atoms with Gasteiger partial charge in [0.05, 0.1) is 18.7 Å². The van der Waals surface area contributed by atoms with Gasteiger partial charge in [-0.25, -0.2) is 0 Å². The van der Waals surface area contributed by atoms with Crippen LogP contribution in [0.2, 0.25) is 0 Å². The molecule has 3 aromatic carbocycles. The third-order valence-corrected chi connectivity index (χ3v) is 6.00. The highest BCUT2D eigenvalue weighted by molar-refractivity contribution is 9.10. The fourth-order valence-corrected chi connectivity index (χ4v) is 4.28. The van der Waals surface area contributed by atoms with Crippen LogP contribution in [0.4, 0.5) is 5.69 Å². The van der Waals surface area contributed by atoms with Crippen LogP contribution in [0, 0.1) is 13.8 Å². The minimum absolute atomic E-state index is 0.269. The zero-order chi connectivity index (χ0) is 21.5. The number of aryl methyl sites for hydroxylation is 2. The van der Waals surface area contributed by atoms with Crippen LogP contribution < -0.4 is 4.90 Å². The predicted octanol–water partition coefficient (Wildman–Crippen LogP) is 5.07. The lowest BCUT2D eigenvalue weighted by Gasteiger charge is -2.23. The quantitative estimate of drug-likeness (QED) is 0.537. The van der Waals surface area contributed by atoms with Crippen LogP contribution in [0.5, 0.6) is 0 Å². The molecule has 1 N–H and O–H groups in total. The van der Waals surface area contributed by atoms with Crippen LogP contribution in [-0.4, -0.2) is 16.8 Å². The van der Waals surface area contributed by atoms with E-state index in [0.717, 1.165) is 21.2 Å². The molecule has 0 spiro atoms. The van der Waals surface area contributed by atoms with Crippen LogP contribution in [0.15, 0.2) is 71.2 Å². The van der Waals surface area contributed by atoms with Gasteiger partial charge in [-0.05, 0) is 37.6 Å². The van der Waals surface area contributed by atoms with E-state index in [1.807, 2.05) is 56.3 Å². The number of aliphatic hydroxyl groups is 1. The number of halogens is 1. The van der Waals surface area contributed by atoms with Crippen molar-refractivity contribution in [2.45, 2.75) is 32.4 Å². The molecular weight excluding hydrogens is 442 g/mol. The summed E-state index contributed by atoms with van der Waals surface area (Å²) in [6, 6.07) is 20.4. The smallest absolute Gasteiger partial charge is 0.264 e. The number of ketones is 1. The van der Waals surface area contributed by atoms with Gasteiger partial charge in [-0.1, -0.05) is 75.6 Å². The molecule has 0 saturated heterocycles. The maximum Gasteiger partial charge on any atom is 0.264 e. The number of rotatable bonds is 5. The van der Waals surface area contributed by atoms with Gasteiger partial charge in [0, 0.05) is 15.6 Å². The number of amides is 1. The van der Waals surface area contributed by atoms with Crippen molar-refractivity contribution in [3.63, 3.8) is 0 Å². The molecule has 0 aliphatic carbocycles. The molecule has 5 heteroatoms. The van der Waals surface area contributed by atoms with E-state index in [1.54, 1.807) is 29.2 Å². The van der Waals surface area contributed by atoms with Crippen LogP contribution in [-0.2, 0) is 16.9 Å². The number of hydrogen-bond donors (Lipinski definition) is 1. The van der Waals surface area contributed by atoms with Crippen molar-refractivity contribution in [1.29, 1.82) is 0 Å². The second-order valence-corrected chi connectivity index (χ2v) is 8.78. The van der Waals surface area contributed by atoms with E-state index in [9.17, 15) is 14.7 Å². The number of benzene rings is 3. The number of nitrogens with zero attached hydrogens (tertiary/aromatic N) is 1. The molecule has 1 amide bonds. The molecule has 1 aliphatic heterocycles. The number of carbonyl (C=O) groups excluding carboxylic acids is 2. The van der Waals surface area contributed by atoms with Gasteiger partial charge >= 0.3 is 0 Å². The highest BCUT2D eigenvalue weighted by atomic mass is 79.9. The van der Waals surface area contributed by atoms with Crippen LogP contribution in [0.3, 0.4) is 0 Å². The van der Waals surface area contributed by atoms with Gasteiger partial charge in [0.25, 0.3) is 5.91 Å². The van der Waals surface area contributed by atoms with Gasteiger partial charge in [0.15, 0.2) is 11.4 Å². The number of carbonyl (C=O) groups is 2. The van der Waals surface area contributed by atoms with E-state index in [2.05, 4.69) is 15.9 Å². The lowest BCUT2D eigenvalue weighted by Crippen LogP contribution is -2.41. The van der Waals surface area contributed by atoms with Gasteiger partial charge in [-0.15, -0.1) is 0 Å². The van der Waals surface area contributed by atoms with E-state index in [4.69, 9.17) is 0 Å². The van der Waals surface area contributed by atoms with E-state index < -0.39 is 11.5 Å². The van der Waals surface area contributed by atoms with Crippen molar-refractivity contribution in [3.8, 4) is 0 Å². The molecule has 152 valence electrons. The topological polar surface area (TPSA) is 57.6 Å². The van der Waals surface area contributed by atoms with Gasteiger partial charge in [-0.3, -0.25) is 9.59 Å². The lowest BCUT2D eigenvalue weighted by atomic mass is 9.88. The largest absolute Gasteiger partial charge is 0.375 e. The molecule has 0 radical (unpaired) electrons. The number of fused-ring (bicyclic) bond motifs is 1. The Balaban J connectivity index is 1.71. The zero-order valence-corrected chi connectivity index (χ0v) is 18.4. The second-order valence-electron chi connectivity index (χ2n) is 7.87. The molecule has 0 bridgehead atoms. The summed E-state index contributed by atoms with van der Waals surface area (Å²) >= 11 is 3.43. The van der Waals surface area contributed by atoms with Crippen molar-refractivity contribution in [2.24, 2.45) is 0 Å². The molecule has 4 rings (SSSR count). The maximum absolute atomic E-state index is 13.4. The first-order valence-corrected chi connectivity index (χ1v) is 10.6. The van der Waals surface area contributed by atoms with Gasteiger partial charge in [0.1, 0.15) is 0 Å². The molecule has 30 heavy (non-hydrogen) atoms. The van der Waals surface area contributed by atoms with Crippen molar-refractivity contribution >= 4 is 33.3 Å². The number of hydrogen-bond acceptors (Lipinski definition) is 3. The Labute approximate surface area is 184 Å². The summed E-state index contributed by atoms with van der Waals surface area (Å²) in [6.45, 7) is 4.27. The molecule has 1 atom stereocenters. The average molecular weight is 464 g/mol. The number of Topliss-reactive ketones (excluding diaryl/α,β-unsaturated/α-hetero) is 1. The van der Waals surface area contributed by atoms with Crippen molar-refractivity contribution in [1.82, 2.24) is 0 Å². The van der Waals surface area contributed by atoms with Crippen molar-refractivity contribution in [2.75, 3.05) is 4.90 Å². The first-order valence-electron chi connectivity index (χ1n) is 9.78. The highest BCUT2D eigenvalue weighted by Gasteiger charge is 2.51. The Bertz CT molecular complexity index is 1140. The Morgan fingerprint density at radius 2 is 1.73 bits per heavy atom. The summed E-state index contributed by atoms with van der Waals surface area (Å²) in [6.07, 6.45) is -0.303. The van der Waals surface area contributed by atoms with Gasteiger partial charge in [-0.2, -0.15) is 0 Å². The summed E-state index contributed by atoms with van der Waals surface area (Å²) in [5, 5.41) is 11.5. The maximum atomic E-state index is 13.4. The molecule has 0 unspecified atom stereocenters. The van der Waals surface area contributed by atoms with Crippen LogP contribution in [0.25, 0.3) is 0 Å². The van der Waals surface area contributed by atoms with Crippen molar-refractivity contribution in [3.05, 3.63) is 99.0 Å². The van der Waals surface area contributed by atoms with E-state index >= 15 is 0 Å². The van der Waals surface area contributed by atoms with Crippen molar-refractivity contribution < 1.29 is 14.7 Å². The van der Waals surface area contributed by atoms with E-state index in [0.29, 0.717) is 23.4 Å². The van der Waals surface area contributed by atoms with Gasteiger partial charge < -0.3 is 10.0 Å². The molecule has 0 saturated carbocycles. The molecule has 1 heterocycles. The molecule has 0 fully saturated rings. The fourth-order valence-electron chi connectivity index (χ4n) is 3.92. The zero-order valence-electron chi connectivity index (χ0n) is 16.9. The Morgan fingerprint density at radius 3 is 2.43 bits per heavy atom. The van der Waals surface area contributed by atoms with E-state index in [1.165, 1.54) is 0 Å². The lowest BCUT2D eigenvalue weighted by molar-refractivity contribution is -0.136. The van der Waals surface area contributed by atoms with E-state index in [-0.39, 0.29) is 12.2 Å². The Kier molecular flexibility index (Phi) is 5.35. The monoisotopic (exact) mass is 463 g/mol. The summed E-state index contributed by atoms with van der Waals surface area (Å²) < 4.78 is 0.743. The first-order chi connectivity index (χ1) is 14.3. The number of anilines is 1. The SMILES string of the molecule is Cc1ccc(C(=O)C[C@@]2(O)C(=O)N(Cc3cccc(C)c3)c3ccc(Br)cc32)cc1. The predicted molar refractivity (Wildman–Crippen MR) is 121 cm³/mol. The summed E-state index contributed by atoms with van der Waals surface area (Å²) in [5.41, 5.74) is 2.77. The molecular formula is C25H22BrNO3. The third-order valence-electron chi connectivity index (χ3n) is 5.51. The standard InChI is InChI=1S/C25H22BrNO3/c1-16-6-8-19(9-7-16)23(28)14-25(30)21-13-20(26)10-11-22(21)27(24(25)29)15-18-5-3-4-17(2)12-18/h3-13,30H,14-15H2,1-2H3/t25-/m0/s1. The first kappa shape index (κ1) is 20.5. The summed E-state index contributed by atoms with van der Waals surface area (Å²) in [7, 11) is 0. The summed E-state index contributed by atoms with van der Waals surface area (Å²) in [4.78, 5) is 27.9. The molecule has 4 nitrogen and oxygen atoms in total. The summed E-state index contributed by atoms with van der Waals surface area (Å²) in [5.74, 6) is -0.744. The van der Waals surface area contributed by atoms with Gasteiger partial charge in [0.2, 0.25) is 0 Å². The second kappa shape index (κ2) is 7.82. The normalized spacial score (nSPS) is 17.9. The molecule has 1 aliphatic rings. The van der Waals surface area contributed by atoms with Crippen LogP contribution in [0.1, 0.15) is 39.0 Å². The third kappa shape index (κ3) is 3.71. The Hall–Kier alpha value is -2.76. The fraction of sp³-hybridized carbons (Fsp3) is 0.200. The minimum atomic E-state index is -1.90. The molecule has 0 aromatic heterocycles. The molecule has 3 aromatic rings. The highest BCUT2D eigenvalue weighted by Crippen LogP contribution is 2.44.